The molecule has 5 rings (SSSR count). The predicted molar refractivity (Wildman–Crippen MR) is 136 cm³/mol. The van der Waals surface area contributed by atoms with Gasteiger partial charge in [-0.15, -0.1) is 11.3 Å². The molecule has 8 heteroatoms. The Labute approximate surface area is 204 Å². The maximum Gasteiger partial charge on any atom is 0.252 e. The predicted octanol–water partition coefficient (Wildman–Crippen LogP) is 3.16. The molecular weight excluding hydrogens is 466 g/mol. The Morgan fingerprint density at radius 2 is 1.68 bits per heavy atom. The second-order valence-corrected chi connectivity index (χ2v) is 11.6. The molecule has 0 radical (unpaired) electrons. The van der Waals surface area contributed by atoms with Crippen molar-refractivity contribution in [3.63, 3.8) is 0 Å². The van der Waals surface area contributed by atoms with Gasteiger partial charge in [-0.1, -0.05) is 54.6 Å². The van der Waals surface area contributed by atoms with Gasteiger partial charge < -0.3 is 9.47 Å². The van der Waals surface area contributed by atoms with Gasteiger partial charge in [0.2, 0.25) is 5.78 Å². The summed E-state index contributed by atoms with van der Waals surface area (Å²) in [5.41, 5.74) is 3.83. The third-order valence-electron chi connectivity index (χ3n) is 6.54. The average molecular weight is 495 g/mol. The third-order valence-corrected chi connectivity index (χ3v) is 9.81. The number of aromatic nitrogens is 1. The molecule has 0 spiro atoms. The lowest BCUT2D eigenvalue weighted by Crippen LogP contribution is -3.15. The monoisotopic (exact) mass is 494 g/mol. The quantitative estimate of drug-likeness (QED) is 0.402. The highest BCUT2D eigenvalue weighted by atomic mass is 32.2. The minimum atomic E-state index is -3.44. The van der Waals surface area contributed by atoms with Crippen molar-refractivity contribution < 1.29 is 18.1 Å². The summed E-state index contributed by atoms with van der Waals surface area (Å²) in [5, 5.41) is 2.76. The fraction of sp³-hybridized carbons (Fsp3) is 0.269. The standard InChI is InChI=1S/C26H27N3O3S2/c1-2-29-22-12-7-6-11-21(22)25(26(29)20-9-4-3-5-10-20)23(30)19-27-14-16-28(17-15-27)34(31,32)24-13-8-18-33-24/h3-13,18H,2,14-17,19H2,1H3/p+1. The lowest BCUT2D eigenvalue weighted by molar-refractivity contribution is -0.895. The first kappa shape index (κ1) is 23.0. The Hall–Kier alpha value is -2.78. The van der Waals surface area contributed by atoms with Crippen LogP contribution >= 0.6 is 11.3 Å². The van der Waals surface area contributed by atoms with Gasteiger partial charge >= 0.3 is 0 Å². The molecule has 1 saturated heterocycles. The summed E-state index contributed by atoms with van der Waals surface area (Å²) in [6.45, 7) is 5.29. The van der Waals surface area contributed by atoms with Crippen LogP contribution < -0.4 is 4.90 Å². The van der Waals surface area contributed by atoms with Crippen LogP contribution in [0.15, 0.2) is 76.3 Å². The fourth-order valence-electron chi connectivity index (χ4n) is 4.88. The molecule has 2 aromatic heterocycles. The number of thiophene rings is 1. The van der Waals surface area contributed by atoms with Gasteiger partial charge in [-0.05, 0) is 30.0 Å². The molecule has 6 nitrogen and oxygen atoms in total. The van der Waals surface area contributed by atoms with E-state index in [0.717, 1.165) is 39.2 Å². The molecule has 34 heavy (non-hydrogen) atoms. The number of benzene rings is 2. The summed E-state index contributed by atoms with van der Waals surface area (Å²) in [6, 6.07) is 21.6. The number of carbonyl (C=O) groups is 1. The van der Waals surface area contributed by atoms with Crippen LogP contribution in [0.25, 0.3) is 22.2 Å². The van der Waals surface area contributed by atoms with Crippen molar-refractivity contribution in [1.29, 1.82) is 0 Å². The first-order valence-electron chi connectivity index (χ1n) is 11.6. The van der Waals surface area contributed by atoms with Crippen molar-refractivity contribution >= 4 is 38.0 Å². The number of aryl methyl sites for hydroxylation is 1. The van der Waals surface area contributed by atoms with E-state index in [2.05, 4.69) is 29.7 Å². The number of para-hydroxylation sites is 1. The van der Waals surface area contributed by atoms with E-state index in [4.69, 9.17) is 0 Å². The smallest absolute Gasteiger partial charge is 0.252 e. The van der Waals surface area contributed by atoms with Gasteiger partial charge in [0, 0.05) is 17.4 Å². The number of rotatable bonds is 7. The maximum absolute atomic E-state index is 13.8. The topological polar surface area (TPSA) is 63.8 Å². The molecule has 2 aromatic carbocycles. The number of hydrogen-bond acceptors (Lipinski definition) is 4. The Kier molecular flexibility index (Phi) is 6.40. The summed E-state index contributed by atoms with van der Waals surface area (Å²) in [6.07, 6.45) is 0. The second kappa shape index (κ2) is 9.46. The summed E-state index contributed by atoms with van der Waals surface area (Å²) in [7, 11) is -3.44. The number of Topliss-reactive ketones (excluding diaryl/α,β-unsaturated/α-hetero) is 1. The Morgan fingerprint density at radius 3 is 2.35 bits per heavy atom. The van der Waals surface area contributed by atoms with Gasteiger partial charge in [0.1, 0.15) is 10.8 Å². The SMILES string of the molecule is CCn1c(-c2ccccc2)c(C(=O)C[NH+]2CCN(S(=O)(=O)c3cccs3)CC2)c2ccccc21. The largest absolute Gasteiger partial charge is 0.340 e. The molecule has 0 saturated carbocycles. The zero-order valence-corrected chi connectivity index (χ0v) is 20.7. The second-order valence-electron chi connectivity index (χ2n) is 8.54. The molecule has 1 aliphatic rings. The zero-order chi connectivity index (χ0) is 23.7. The Morgan fingerprint density at radius 1 is 0.971 bits per heavy atom. The minimum Gasteiger partial charge on any atom is -0.340 e. The van der Waals surface area contributed by atoms with Crippen LogP contribution in [0.3, 0.4) is 0 Å². The molecule has 1 fully saturated rings. The number of quaternary nitrogens is 1. The fourth-order valence-corrected chi connectivity index (χ4v) is 7.47. The third kappa shape index (κ3) is 4.11. The molecule has 0 bridgehead atoms. The lowest BCUT2D eigenvalue weighted by atomic mass is 10.0. The number of fused-ring (bicyclic) bond motifs is 1. The van der Waals surface area contributed by atoms with E-state index in [1.165, 1.54) is 11.3 Å². The van der Waals surface area contributed by atoms with E-state index in [1.54, 1.807) is 21.8 Å². The minimum absolute atomic E-state index is 0.104. The molecule has 3 heterocycles. The van der Waals surface area contributed by atoms with Gasteiger partial charge in [0.05, 0.1) is 37.4 Å². The Bertz CT molecular complexity index is 1400. The van der Waals surface area contributed by atoms with Crippen LogP contribution in [0.5, 0.6) is 0 Å². The molecule has 0 amide bonds. The van der Waals surface area contributed by atoms with Gasteiger partial charge in [-0.25, -0.2) is 8.42 Å². The normalized spacial score (nSPS) is 15.7. The van der Waals surface area contributed by atoms with Crippen molar-refractivity contribution in [3.05, 3.63) is 77.7 Å². The van der Waals surface area contributed by atoms with E-state index in [-0.39, 0.29) is 5.78 Å². The van der Waals surface area contributed by atoms with Crippen LogP contribution in [0, 0.1) is 0 Å². The number of piperazine rings is 1. The van der Waals surface area contributed by atoms with E-state index in [9.17, 15) is 13.2 Å². The molecular formula is C26H28N3O3S2+. The lowest BCUT2D eigenvalue weighted by Gasteiger charge is -2.30. The number of nitrogens with zero attached hydrogens (tertiary/aromatic N) is 2. The molecule has 1 N–H and O–H groups in total. The highest BCUT2D eigenvalue weighted by Gasteiger charge is 2.33. The van der Waals surface area contributed by atoms with Crippen LogP contribution in [0.2, 0.25) is 0 Å². The number of sulfonamides is 1. The maximum atomic E-state index is 13.8. The zero-order valence-electron chi connectivity index (χ0n) is 19.1. The van der Waals surface area contributed by atoms with Crippen molar-refractivity contribution in [3.8, 4) is 11.3 Å². The Balaban J connectivity index is 1.41. The van der Waals surface area contributed by atoms with E-state index >= 15 is 0 Å². The summed E-state index contributed by atoms with van der Waals surface area (Å²) < 4.78 is 29.8. The molecule has 1 aliphatic heterocycles. The molecule has 0 atom stereocenters. The van der Waals surface area contributed by atoms with E-state index in [0.29, 0.717) is 36.9 Å². The first-order valence-corrected chi connectivity index (χ1v) is 13.9. The van der Waals surface area contributed by atoms with Crippen molar-refractivity contribution in [1.82, 2.24) is 8.87 Å². The summed E-state index contributed by atoms with van der Waals surface area (Å²) in [4.78, 5) is 14.9. The van der Waals surface area contributed by atoms with E-state index < -0.39 is 10.0 Å². The van der Waals surface area contributed by atoms with Gasteiger partial charge in [0.15, 0.2) is 0 Å². The van der Waals surface area contributed by atoms with Crippen LogP contribution in [-0.2, 0) is 16.6 Å². The number of ketones is 1. The van der Waals surface area contributed by atoms with Crippen molar-refractivity contribution in [2.24, 2.45) is 0 Å². The number of nitrogens with one attached hydrogen (secondary N) is 1. The van der Waals surface area contributed by atoms with Crippen LogP contribution in [0.4, 0.5) is 0 Å². The molecule has 0 aliphatic carbocycles. The van der Waals surface area contributed by atoms with Crippen LogP contribution in [0.1, 0.15) is 17.3 Å². The molecule has 4 aromatic rings. The van der Waals surface area contributed by atoms with Crippen molar-refractivity contribution in [2.75, 3.05) is 32.7 Å². The first-order chi connectivity index (χ1) is 16.5. The molecule has 176 valence electrons. The van der Waals surface area contributed by atoms with Gasteiger partial charge in [-0.3, -0.25) is 4.79 Å². The number of carbonyl (C=O) groups excluding carboxylic acids is 1. The summed E-state index contributed by atoms with van der Waals surface area (Å²) >= 11 is 1.24. The highest BCUT2D eigenvalue weighted by molar-refractivity contribution is 7.91. The van der Waals surface area contributed by atoms with Crippen molar-refractivity contribution in [2.45, 2.75) is 17.7 Å². The van der Waals surface area contributed by atoms with Crippen LogP contribution in [-0.4, -0.2) is 55.8 Å². The van der Waals surface area contributed by atoms with Gasteiger partial charge in [0.25, 0.3) is 10.0 Å². The highest BCUT2D eigenvalue weighted by Crippen LogP contribution is 2.34. The summed E-state index contributed by atoms with van der Waals surface area (Å²) in [5.74, 6) is 0.104. The average Bonchev–Trinajstić information content (AvgIpc) is 3.52. The van der Waals surface area contributed by atoms with Gasteiger partial charge in [-0.2, -0.15) is 4.31 Å². The molecule has 0 unspecified atom stereocenters. The number of hydrogen-bond donors (Lipinski definition) is 1. The van der Waals surface area contributed by atoms with E-state index in [1.807, 2.05) is 36.4 Å².